The van der Waals surface area contributed by atoms with Crippen molar-refractivity contribution in [2.45, 2.75) is 63.7 Å². The van der Waals surface area contributed by atoms with E-state index in [1.165, 1.54) is 32.1 Å². The Balaban J connectivity index is 2.06. The molecule has 2 rings (SSSR count). The summed E-state index contributed by atoms with van der Waals surface area (Å²) < 4.78 is 5.42. The Hall–Kier alpha value is -0.160. The van der Waals surface area contributed by atoms with Crippen LogP contribution >= 0.6 is 0 Å². The number of aliphatic hydroxyl groups excluding tert-OH is 2. The second-order valence-electron chi connectivity index (χ2n) is 6.00. The Morgan fingerprint density at radius 2 is 1.74 bits per heavy atom. The van der Waals surface area contributed by atoms with Crippen LogP contribution in [0.25, 0.3) is 0 Å². The van der Waals surface area contributed by atoms with Crippen molar-refractivity contribution in [1.29, 1.82) is 0 Å². The maximum Gasteiger partial charge on any atom is 0.0956 e. The lowest BCUT2D eigenvalue weighted by atomic mass is 9.79. The standard InChI is InChI=1S/C15H29NO3/c1-2-13(17)15(18)14(12-6-4-3-5-7-12)16-8-10-19-11-9-16/h12-15,17-18H,2-11H2,1H3. The van der Waals surface area contributed by atoms with Gasteiger partial charge in [0.2, 0.25) is 0 Å². The molecule has 0 aromatic rings. The summed E-state index contributed by atoms with van der Waals surface area (Å²) in [6.07, 6.45) is 5.63. The molecule has 19 heavy (non-hydrogen) atoms. The summed E-state index contributed by atoms with van der Waals surface area (Å²) in [7, 11) is 0. The van der Waals surface area contributed by atoms with E-state index in [2.05, 4.69) is 4.90 Å². The van der Waals surface area contributed by atoms with Crippen molar-refractivity contribution >= 4 is 0 Å². The molecule has 0 amide bonds. The Bertz CT molecular complexity index is 229. The molecule has 4 nitrogen and oxygen atoms in total. The third kappa shape index (κ3) is 3.91. The van der Waals surface area contributed by atoms with Crippen molar-refractivity contribution < 1.29 is 14.9 Å². The van der Waals surface area contributed by atoms with Gasteiger partial charge in [0.05, 0.1) is 25.4 Å². The summed E-state index contributed by atoms with van der Waals surface area (Å²) in [4.78, 5) is 2.35. The number of aliphatic hydroxyl groups is 2. The average molecular weight is 271 g/mol. The first-order valence-electron chi connectivity index (χ1n) is 7.92. The summed E-state index contributed by atoms with van der Waals surface area (Å²) in [5.74, 6) is 0.531. The molecule has 1 saturated carbocycles. The van der Waals surface area contributed by atoms with E-state index in [1.54, 1.807) is 0 Å². The van der Waals surface area contributed by atoms with Gasteiger partial charge in [-0.1, -0.05) is 26.2 Å². The van der Waals surface area contributed by atoms with Crippen molar-refractivity contribution in [3.05, 3.63) is 0 Å². The molecule has 3 atom stereocenters. The van der Waals surface area contributed by atoms with Crippen LogP contribution in [0.4, 0.5) is 0 Å². The van der Waals surface area contributed by atoms with Gasteiger partial charge in [0.1, 0.15) is 0 Å². The van der Waals surface area contributed by atoms with Crippen LogP contribution in [0.3, 0.4) is 0 Å². The Labute approximate surface area is 116 Å². The predicted molar refractivity (Wildman–Crippen MR) is 75.1 cm³/mol. The fraction of sp³-hybridized carbons (Fsp3) is 1.00. The zero-order valence-corrected chi connectivity index (χ0v) is 12.1. The summed E-state index contributed by atoms with van der Waals surface area (Å²) >= 11 is 0. The number of hydrogen-bond acceptors (Lipinski definition) is 4. The van der Waals surface area contributed by atoms with Gasteiger partial charge >= 0.3 is 0 Å². The highest BCUT2D eigenvalue weighted by atomic mass is 16.5. The van der Waals surface area contributed by atoms with Gasteiger partial charge in [-0.05, 0) is 25.2 Å². The molecule has 0 bridgehead atoms. The van der Waals surface area contributed by atoms with Crippen molar-refractivity contribution in [2.24, 2.45) is 5.92 Å². The molecule has 4 heteroatoms. The predicted octanol–water partition coefficient (Wildman–Crippen LogP) is 1.40. The van der Waals surface area contributed by atoms with E-state index in [-0.39, 0.29) is 6.04 Å². The minimum Gasteiger partial charge on any atom is -0.390 e. The Morgan fingerprint density at radius 3 is 2.32 bits per heavy atom. The van der Waals surface area contributed by atoms with Crippen LogP contribution in [0.15, 0.2) is 0 Å². The molecule has 1 heterocycles. The van der Waals surface area contributed by atoms with Gasteiger partial charge < -0.3 is 14.9 Å². The minimum absolute atomic E-state index is 0.110. The quantitative estimate of drug-likeness (QED) is 0.793. The summed E-state index contributed by atoms with van der Waals surface area (Å²) in [5, 5.41) is 20.6. The Kier molecular flexibility index (Phi) is 6.07. The van der Waals surface area contributed by atoms with Crippen LogP contribution in [-0.4, -0.2) is 59.7 Å². The average Bonchev–Trinajstić information content (AvgIpc) is 2.49. The lowest BCUT2D eigenvalue weighted by Gasteiger charge is -2.44. The molecule has 1 aliphatic carbocycles. The van der Waals surface area contributed by atoms with Crippen molar-refractivity contribution in [3.8, 4) is 0 Å². The summed E-state index contributed by atoms with van der Waals surface area (Å²) in [6, 6.07) is 0.110. The van der Waals surface area contributed by atoms with Crippen molar-refractivity contribution in [3.63, 3.8) is 0 Å². The lowest BCUT2D eigenvalue weighted by Crippen LogP contribution is -2.56. The van der Waals surface area contributed by atoms with E-state index in [4.69, 9.17) is 4.74 Å². The third-order valence-corrected chi connectivity index (χ3v) is 4.76. The normalized spacial score (nSPS) is 27.9. The summed E-state index contributed by atoms with van der Waals surface area (Å²) in [5.41, 5.74) is 0. The number of morpholine rings is 1. The SMILES string of the molecule is CCC(O)C(O)C(C1CCCCC1)N1CCOCC1. The van der Waals surface area contributed by atoms with Gasteiger partial charge in [0, 0.05) is 19.1 Å². The van der Waals surface area contributed by atoms with Crippen LogP contribution in [0.5, 0.6) is 0 Å². The molecule has 3 unspecified atom stereocenters. The van der Waals surface area contributed by atoms with Gasteiger partial charge in [-0.25, -0.2) is 0 Å². The zero-order valence-electron chi connectivity index (χ0n) is 12.1. The molecule has 1 aliphatic heterocycles. The molecule has 2 N–H and O–H groups in total. The maximum absolute atomic E-state index is 10.5. The van der Waals surface area contributed by atoms with Crippen LogP contribution in [-0.2, 0) is 4.74 Å². The number of hydrogen-bond donors (Lipinski definition) is 2. The van der Waals surface area contributed by atoms with Gasteiger partial charge in [0.25, 0.3) is 0 Å². The van der Waals surface area contributed by atoms with E-state index in [0.717, 1.165) is 26.3 Å². The monoisotopic (exact) mass is 271 g/mol. The molecule has 0 spiro atoms. The van der Waals surface area contributed by atoms with Crippen LogP contribution in [0.1, 0.15) is 45.4 Å². The molecule has 0 aromatic carbocycles. The highest BCUT2D eigenvalue weighted by Crippen LogP contribution is 2.32. The highest BCUT2D eigenvalue weighted by Gasteiger charge is 2.37. The first-order valence-corrected chi connectivity index (χ1v) is 7.92. The zero-order chi connectivity index (χ0) is 13.7. The highest BCUT2D eigenvalue weighted by molar-refractivity contribution is 4.90. The number of ether oxygens (including phenoxy) is 1. The third-order valence-electron chi connectivity index (χ3n) is 4.76. The van der Waals surface area contributed by atoms with Gasteiger partial charge in [-0.3, -0.25) is 4.90 Å². The largest absolute Gasteiger partial charge is 0.390 e. The minimum atomic E-state index is -0.619. The van der Waals surface area contributed by atoms with Gasteiger partial charge in [-0.2, -0.15) is 0 Å². The fourth-order valence-electron chi connectivity index (χ4n) is 3.61. The molecule has 2 aliphatic rings. The Morgan fingerprint density at radius 1 is 1.11 bits per heavy atom. The topological polar surface area (TPSA) is 52.9 Å². The van der Waals surface area contributed by atoms with Crippen LogP contribution in [0.2, 0.25) is 0 Å². The van der Waals surface area contributed by atoms with Crippen molar-refractivity contribution in [1.82, 2.24) is 4.90 Å². The molecule has 0 radical (unpaired) electrons. The molecule has 0 aromatic heterocycles. The van der Waals surface area contributed by atoms with Crippen molar-refractivity contribution in [2.75, 3.05) is 26.3 Å². The molecule has 1 saturated heterocycles. The number of nitrogens with zero attached hydrogens (tertiary/aromatic N) is 1. The molecular formula is C15H29NO3. The van der Waals surface area contributed by atoms with Gasteiger partial charge in [0.15, 0.2) is 0 Å². The second kappa shape index (κ2) is 7.58. The number of rotatable bonds is 5. The summed E-state index contributed by atoms with van der Waals surface area (Å²) in [6.45, 7) is 5.20. The van der Waals surface area contributed by atoms with Gasteiger partial charge in [-0.15, -0.1) is 0 Å². The van der Waals surface area contributed by atoms with E-state index in [9.17, 15) is 10.2 Å². The second-order valence-corrected chi connectivity index (χ2v) is 6.00. The fourth-order valence-corrected chi connectivity index (χ4v) is 3.61. The van der Waals surface area contributed by atoms with E-state index in [0.29, 0.717) is 12.3 Å². The smallest absolute Gasteiger partial charge is 0.0956 e. The maximum atomic E-state index is 10.5. The molecule has 2 fully saturated rings. The van der Waals surface area contributed by atoms with E-state index in [1.807, 2.05) is 6.92 Å². The van der Waals surface area contributed by atoms with E-state index < -0.39 is 12.2 Å². The first-order chi connectivity index (χ1) is 9.24. The van der Waals surface area contributed by atoms with Crippen LogP contribution in [0, 0.1) is 5.92 Å². The molecular weight excluding hydrogens is 242 g/mol. The van der Waals surface area contributed by atoms with E-state index >= 15 is 0 Å². The van der Waals surface area contributed by atoms with Crippen LogP contribution < -0.4 is 0 Å². The first kappa shape index (κ1) is 15.2. The lowest BCUT2D eigenvalue weighted by molar-refractivity contribution is -0.0872. The molecule has 112 valence electrons.